The van der Waals surface area contributed by atoms with Gasteiger partial charge in [-0.1, -0.05) is 18.2 Å². The number of amides is 1. The monoisotopic (exact) mass is 399 g/mol. The maximum absolute atomic E-state index is 13.0. The number of Topliss-reactive ketones (excluding diaryl/α,β-unsaturated/α-hetero) is 1. The number of benzene rings is 2. The van der Waals surface area contributed by atoms with Gasteiger partial charge in [-0.05, 0) is 31.0 Å². The maximum atomic E-state index is 13.0. The number of nitrogens with two attached hydrogens (primary N) is 2. The van der Waals surface area contributed by atoms with Crippen molar-refractivity contribution >= 4 is 23.3 Å². The van der Waals surface area contributed by atoms with Gasteiger partial charge in [0.05, 0.1) is 16.5 Å². The number of aliphatic imine (C=N–C) groups is 1. The minimum atomic E-state index is -1.04. The van der Waals surface area contributed by atoms with Crippen LogP contribution >= 0.6 is 0 Å². The first-order valence-electron chi connectivity index (χ1n) is 8.72. The van der Waals surface area contributed by atoms with Gasteiger partial charge in [-0.25, -0.2) is 0 Å². The third kappa shape index (κ3) is 6.03. The number of hydrogen-bond acceptors (Lipinski definition) is 6. The van der Waals surface area contributed by atoms with Crippen molar-refractivity contribution in [2.45, 2.75) is 18.9 Å². The molecule has 1 atom stereocenters. The molecular weight excluding hydrogens is 378 g/mol. The second-order valence-electron chi connectivity index (χ2n) is 6.16. The second kappa shape index (κ2) is 9.83. The van der Waals surface area contributed by atoms with Gasteiger partial charge in [0.2, 0.25) is 0 Å². The topological polar surface area (TPSA) is 174 Å². The predicted molar refractivity (Wildman–Crippen MR) is 107 cm³/mol. The number of rotatable bonds is 9. The van der Waals surface area contributed by atoms with Crippen LogP contribution in [0.15, 0.2) is 53.5 Å². The van der Waals surface area contributed by atoms with Crippen LogP contribution in [0.3, 0.4) is 0 Å². The number of aromatic hydroxyl groups is 1. The van der Waals surface area contributed by atoms with Gasteiger partial charge in [-0.2, -0.15) is 0 Å². The number of nitrogens with one attached hydrogen (secondary N) is 1. The molecular formula is C19H21N5O5. The first-order valence-corrected chi connectivity index (χ1v) is 8.72. The largest absolute Gasteiger partial charge is 0.507 e. The number of carbonyl (C=O) groups excluding carboxylic acids is 2. The van der Waals surface area contributed by atoms with Gasteiger partial charge >= 0.3 is 0 Å². The fourth-order valence-corrected chi connectivity index (χ4v) is 2.63. The molecule has 6 N–H and O–H groups in total. The van der Waals surface area contributed by atoms with E-state index in [0.29, 0.717) is 12.0 Å². The standard InChI is InChI=1S/C19H21N5O5/c20-19(21)22-10-4-7-15(23-18(27)12-5-2-1-3-6-12)17(26)14-11-13(24(28)29)8-9-16(14)25/h1-3,5-6,8-9,11,15,25H,4,7,10H2,(H,23,27)(H4,20,21,22)/t15-/m0/s1. The van der Waals surface area contributed by atoms with Crippen molar-refractivity contribution in [2.24, 2.45) is 16.5 Å². The average Bonchev–Trinajstić information content (AvgIpc) is 2.70. The number of hydrogen-bond donors (Lipinski definition) is 4. The van der Waals surface area contributed by atoms with Crippen LogP contribution in [0.2, 0.25) is 0 Å². The molecule has 2 rings (SSSR count). The molecule has 0 saturated heterocycles. The summed E-state index contributed by atoms with van der Waals surface area (Å²) in [6.07, 6.45) is 0.523. The number of nitro groups is 1. The molecule has 0 saturated carbocycles. The Balaban J connectivity index is 2.27. The quantitative estimate of drug-likeness (QED) is 0.123. The van der Waals surface area contributed by atoms with Crippen LogP contribution in [-0.2, 0) is 0 Å². The fourth-order valence-electron chi connectivity index (χ4n) is 2.63. The van der Waals surface area contributed by atoms with E-state index in [2.05, 4.69) is 10.3 Å². The molecule has 0 heterocycles. The lowest BCUT2D eigenvalue weighted by molar-refractivity contribution is -0.384. The number of ketones is 1. The van der Waals surface area contributed by atoms with Crippen molar-refractivity contribution in [3.05, 3.63) is 69.8 Å². The van der Waals surface area contributed by atoms with Gasteiger partial charge in [0.15, 0.2) is 11.7 Å². The van der Waals surface area contributed by atoms with Crippen molar-refractivity contribution in [2.75, 3.05) is 6.54 Å². The lowest BCUT2D eigenvalue weighted by Gasteiger charge is -2.18. The maximum Gasteiger partial charge on any atom is 0.270 e. The van der Waals surface area contributed by atoms with Gasteiger partial charge in [0.1, 0.15) is 5.75 Å². The first-order chi connectivity index (χ1) is 13.8. The van der Waals surface area contributed by atoms with Gasteiger partial charge < -0.3 is 21.9 Å². The van der Waals surface area contributed by atoms with E-state index >= 15 is 0 Å². The zero-order valence-electron chi connectivity index (χ0n) is 15.4. The minimum absolute atomic E-state index is 0.0995. The fraction of sp³-hybridized carbons (Fsp3) is 0.211. The van der Waals surface area contributed by atoms with E-state index in [9.17, 15) is 24.8 Å². The Labute approximate surface area is 166 Å². The molecule has 0 radical (unpaired) electrons. The van der Waals surface area contributed by atoms with Crippen LogP contribution in [0.25, 0.3) is 0 Å². The van der Waals surface area contributed by atoms with Crippen LogP contribution < -0.4 is 16.8 Å². The normalized spacial score (nSPS) is 11.3. The highest BCUT2D eigenvalue weighted by molar-refractivity contribution is 6.06. The second-order valence-corrected chi connectivity index (χ2v) is 6.16. The summed E-state index contributed by atoms with van der Waals surface area (Å²) in [5.41, 5.74) is 10.3. The summed E-state index contributed by atoms with van der Waals surface area (Å²) in [6.45, 7) is 0.230. The molecule has 0 bridgehead atoms. The number of nitro benzene ring substituents is 1. The van der Waals surface area contributed by atoms with Crippen molar-refractivity contribution in [1.82, 2.24) is 5.32 Å². The van der Waals surface area contributed by atoms with Crippen LogP contribution in [0, 0.1) is 10.1 Å². The zero-order valence-corrected chi connectivity index (χ0v) is 15.4. The van der Waals surface area contributed by atoms with E-state index in [1.165, 1.54) is 0 Å². The minimum Gasteiger partial charge on any atom is -0.507 e. The van der Waals surface area contributed by atoms with E-state index in [4.69, 9.17) is 11.5 Å². The van der Waals surface area contributed by atoms with Crippen molar-refractivity contribution in [1.29, 1.82) is 0 Å². The number of non-ortho nitro benzene ring substituents is 1. The molecule has 2 aromatic carbocycles. The summed E-state index contributed by atoms with van der Waals surface area (Å²) in [6, 6.07) is 10.4. The van der Waals surface area contributed by atoms with Gasteiger partial charge in [0.25, 0.3) is 11.6 Å². The number of phenolic OH excluding ortho intramolecular Hbond substituents is 1. The molecule has 0 aliphatic heterocycles. The third-order valence-corrected chi connectivity index (χ3v) is 4.06. The molecule has 0 fully saturated rings. The van der Waals surface area contributed by atoms with E-state index in [0.717, 1.165) is 18.2 Å². The molecule has 10 nitrogen and oxygen atoms in total. The molecule has 0 aromatic heterocycles. The summed E-state index contributed by atoms with van der Waals surface area (Å²) in [7, 11) is 0. The summed E-state index contributed by atoms with van der Waals surface area (Å²) in [4.78, 5) is 39.6. The number of nitrogens with zero attached hydrogens (tertiary/aromatic N) is 2. The average molecular weight is 399 g/mol. The lowest BCUT2D eigenvalue weighted by atomic mass is 9.98. The summed E-state index contributed by atoms with van der Waals surface area (Å²) >= 11 is 0. The molecule has 1 amide bonds. The molecule has 152 valence electrons. The lowest BCUT2D eigenvalue weighted by Crippen LogP contribution is -2.41. The Morgan fingerprint density at radius 1 is 1.17 bits per heavy atom. The smallest absolute Gasteiger partial charge is 0.270 e. The molecule has 29 heavy (non-hydrogen) atoms. The van der Waals surface area contributed by atoms with Crippen molar-refractivity contribution in [3.63, 3.8) is 0 Å². The number of guanidine groups is 1. The number of phenols is 1. The van der Waals surface area contributed by atoms with Crippen LogP contribution in [-0.4, -0.2) is 40.3 Å². The molecule has 0 aliphatic carbocycles. The van der Waals surface area contributed by atoms with Crippen molar-refractivity contribution < 1.29 is 19.6 Å². The molecule has 0 aliphatic rings. The van der Waals surface area contributed by atoms with E-state index < -0.39 is 28.4 Å². The van der Waals surface area contributed by atoms with Crippen LogP contribution in [0.1, 0.15) is 33.6 Å². The third-order valence-electron chi connectivity index (χ3n) is 4.06. The first kappa shape index (κ1) is 21.4. The Hall–Kier alpha value is -3.95. The highest BCUT2D eigenvalue weighted by Gasteiger charge is 2.26. The van der Waals surface area contributed by atoms with Crippen molar-refractivity contribution in [3.8, 4) is 5.75 Å². The highest BCUT2D eigenvalue weighted by atomic mass is 16.6. The summed E-state index contributed by atoms with van der Waals surface area (Å²) in [5.74, 6) is -1.66. The predicted octanol–water partition coefficient (Wildman–Crippen LogP) is 1.34. The van der Waals surface area contributed by atoms with Gasteiger partial charge in [-0.15, -0.1) is 0 Å². The van der Waals surface area contributed by atoms with E-state index in [1.54, 1.807) is 30.3 Å². The van der Waals surface area contributed by atoms with Crippen LogP contribution in [0.4, 0.5) is 5.69 Å². The molecule has 10 heteroatoms. The Morgan fingerprint density at radius 3 is 2.48 bits per heavy atom. The number of carbonyl (C=O) groups is 2. The van der Waals surface area contributed by atoms with E-state index in [-0.39, 0.29) is 30.2 Å². The Kier molecular flexibility index (Phi) is 7.24. The van der Waals surface area contributed by atoms with Gasteiger partial charge in [0, 0.05) is 24.2 Å². The SMILES string of the molecule is NC(N)=NCCC[C@H](NC(=O)c1ccccc1)C(=O)c1cc([N+](=O)[O-])ccc1O. The summed E-state index contributed by atoms with van der Waals surface area (Å²) < 4.78 is 0. The molecule has 0 unspecified atom stereocenters. The van der Waals surface area contributed by atoms with Gasteiger partial charge in [-0.3, -0.25) is 24.7 Å². The summed E-state index contributed by atoms with van der Waals surface area (Å²) in [5, 5.41) is 23.6. The highest BCUT2D eigenvalue weighted by Crippen LogP contribution is 2.25. The molecule has 0 spiro atoms. The Bertz CT molecular complexity index is 926. The Morgan fingerprint density at radius 2 is 1.86 bits per heavy atom. The van der Waals surface area contributed by atoms with Crippen LogP contribution in [0.5, 0.6) is 5.75 Å². The molecule has 2 aromatic rings. The van der Waals surface area contributed by atoms with E-state index in [1.807, 2.05) is 0 Å². The zero-order chi connectivity index (χ0) is 21.4.